The quantitative estimate of drug-likeness (QED) is 0.159. The number of carbonyl (C=O) groups excluding carboxylic acids is 1. The van der Waals surface area contributed by atoms with Crippen molar-refractivity contribution < 1.29 is 13.2 Å². The predicted octanol–water partition coefficient (Wildman–Crippen LogP) is 7.28. The van der Waals surface area contributed by atoms with Gasteiger partial charge in [-0.3, -0.25) is 9.36 Å². The SMILES string of the molecule is CCN(CC)S(=O)(=O)c1cccc(-c2nnc(SCC(=O)N3c4ccccc4C[C@H]3C)n2-c2c(C(C)C)cccc2C(C)C)c1. The number of carbonyl (C=O) groups is 1. The van der Waals surface area contributed by atoms with Crippen LogP contribution in [0.1, 0.15) is 77.0 Å². The highest BCUT2D eigenvalue weighted by atomic mass is 32.2. The summed E-state index contributed by atoms with van der Waals surface area (Å²) in [4.78, 5) is 15.8. The van der Waals surface area contributed by atoms with Gasteiger partial charge in [0, 0.05) is 30.4 Å². The van der Waals surface area contributed by atoms with Gasteiger partial charge in [0.25, 0.3) is 0 Å². The molecule has 0 aliphatic carbocycles. The predicted molar refractivity (Wildman–Crippen MR) is 183 cm³/mol. The zero-order chi connectivity index (χ0) is 32.5. The van der Waals surface area contributed by atoms with Gasteiger partial charge < -0.3 is 4.90 Å². The molecule has 1 amide bonds. The average molecular weight is 646 g/mol. The van der Waals surface area contributed by atoms with Gasteiger partial charge in [-0.05, 0) is 60.1 Å². The summed E-state index contributed by atoms with van der Waals surface area (Å²) in [5, 5.41) is 9.88. The topological polar surface area (TPSA) is 88.4 Å². The molecule has 1 aliphatic heterocycles. The molecule has 238 valence electrons. The molecular formula is C35H43N5O3S2. The van der Waals surface area contributed by atoms with Crippen molar-refractivity contribution in [2.75, 3.05) is 23.7 Å². The Balaban J connectivity index is 1.63. The highest BCUT2D eigenvalue weighted by molar-refractivity contribution is 7.99. The number of rotatable bonds is 11. The second-order valence-electron chi connectivity index (χ2n) is 12.1. The first-order valence-corrected chi connectivity index (χ1v) is 18.1. The number of thioether (sulfide) groups is 1. The molecule has 0 bridgehead atoms. The van der Waals surface area contributed by atoms with E-state index in [4.69, 9.17) is 0 Å². The van der Waals surface area contributed by atoms with Crippen LogP contribution in [0, 0.1) is 0 Å². The second kappa shape index (κ2) is 13.5. The lowest BCUT2D eigenvalue weighted by molar-refractivity contribution is -0.116. The standard InChI is InChI=1S/C35H43N5O3S2/c1-8-38(9-2)45(42,43)28-16-12-15-27(21-28)34-36-37-35(40(34)33-29(23(3)4)17-13-18-30(33)24(5)6)44-22-32(41)39-25(7)20-26-14-10-11-19-31(26)39/h10-19,21,23-25H,8-9,20,22H2,1-7H3/t25-/m1/s1. The maximum Gasteiger partial charge on any atom is 0.243 e. The van der Waals surface area contributed by atoms with Gasteiger partial charge in [-0.1, -0.05) is 102 Å². The van der Waals surface area contributed by atoms with E-state index in [2.05, 4.69) is 69.1 Å². The van der Waals surface area contributed by atoms with Gasteiger partial charge in [0.2, 0.25) is 15.9 Å². The lowest BCUT2D eigenvalue weighted by Gasteiger charge is -2.24. The molecule has 2 heterocycles. The van der Waals surface area contributed by atoms with Gasteiger partial charge in [0.1, 0.15) is 0 Å². The lowest BCUT2D eigenvalue weighted by Crippen LogP contribution is -2.37. The minimum absolute atomic E-state index is 0.0158. The largest absolute Gasteiger partial charge is 0.308 e. The van der Waals surface area contributed by atoms with Crippen LogP contribution in [0.3, 0.4) is 0 Å². The van der Waals surface area contributed by atoms with Crippen molar-refractivity contribution in [2.45, 2.75) is 82.8 Å². The van der Waals surface area contributed by atoms with E-state index in [0.717, 1.165) is 28.9 Å². The summed E-state index contributed by atoms with van der Waals surface area (Å²) in [6, 6.07) is 21.4. The Morgan fingerprint density at radius 1 is 0.933 bits per heavy atom. The third-order valence-electron chi connectivity index (χ3n) is 8.44. The van der Waals surface area contributed by atoms with Crippen LogP contribution in [0.5, 0.6) is 0 Å². The molecule has 45 heavy (non-hydrogen) atoms. The van der Waals surface area contributed by atoms with Crippen LogP contribution in [-0.2, 0) is 21.2 Å². The Labute approximate surface area is 271 Å². The normalized spacial score (nSPS) is 15.0. The fraction of sp³-hybridized carbons (Fsp3) is 0.400. The number of anilines is 1. The van der Waals surface area contributed by atoms with Gasteiger partial charge in [-0.2, -0.15) is 4.31 Å². The van der Waals surface area contributed by atoms with Gasteiger partial charge in [0.15, 0.2) is 11.0 Å². The number of fused-ring (bicyclic) bond motifs is 1. The smallest absolute Gasteiger partial charge is 0.243 e. The van der Waals surface area contributed by atoms with Crippen LogP contribution in [0.4, 0.5) is 5.69 Å². The number of nitrogens with zero attached hydrogens (tertiary/aromatic N) is 5. The first kappa shape index (κ1) is 32.9. The molecule has 0 saturated carbocycles. The molecule has 10 heteroatoms. The molecule has 5 rings (SSSR count). The van der Waals surface area contributed by atoms with Crippen molar-refractivity contribution in [1.82, 2.24) is 19.1 Å². The van der Waals surface area contributed by atoms with Crippen molar-refractivity contribution in [1.29, 1.82) is 0 Å². The maximum absolute atomic E-state index is 13.7. The number of para-hydroxylation sites is 2. The summed E-state index contributed by atoms with van der Waals surface area (Å²) in [6.45, 7) is 15.2. The Bertz CT molecular complexity index is 1770. The molecular weight excluding hydrogens is 603 g/mol. The molecule has 1 aromatic heterocycles. The van der Waals surface area contributed by atoms with Crippen LogP contribution in [0.15, 0.2) is 76.8 Å². The third-order valence-corrected chi connectivity index (χ3v) is 11.4. The zero-order valence-corrected chi connectivity index (χ0v) is 28.8. The van der Waals surface area contributed by atoms with Crippen molar-refractivity contribution in [3.63, 3.8) is 0 Å². The molecule has 0 radical (unpaired) electrons. The van der Waals surface area contributed by atoms with Crippen molar-refractivity contribution in [3.8, 4) is 17.1 Å². The summed E-state index contributed by atoms with van der Waals surface area (Å²) >= 11 is 1.36. The molecule has 0 saturated heterocycles. The van der Waals surface area contributed by atoms with E-state index in [9.17, 15) is 13.2 Å². The monoisotopic (exact) mass is 645 g/mol. The molecule has 4 aromatic rings. The minimum Gasteiger partial charge on any atom is -0.308 e. The average Bonchev–Trinajstić information content (AvgIpc) is 3.60. The van der Waals surface area contributed by atoms with Gasteiger partial charge in [0.05, 0.1) is 16.3 Å². The number of hydrogen-bond acceptors (Lipinski definition) is 6. The van der Waals surface area contributed by atoms with E-state index in [-0.39, 0.29) is 34.4 Å². The second-order valence-corrected chi connectivity index (χ2v) is 15.0. The highest BCUT2D eigenvalue weighted by Gasteiger charge is 2.32. The fourth-order valence-electron chi connectivity index (χ4n) is 6.17. The summed E-state index contributed by atoms with van der Waals surface area (Å²) in [5.41, 5.74) is 6.03. The first-order chi connectivity index (χ1) is 21.5. The lowest BCUT2D eigenvalue weighted by atomic mass is 9.92. The van der Waals surface area contributed by atoms with Gasteiger partial charge in [-0.25, -0.2) is 8.42 Å². The van der Waals surface area contributed by atoms with E-state index < -0.39 is 10.0 Å². The van der Waals surface area contributed by atoms with Crippen LogP contribution in [0.2, 0.25) is 0 Å². The van der Waals surface area contributed by atoms with E-state index >= 15 is 0 Å². The molecule has 3 aromatic carbocycles. The third kappa shape index (κ3) is 6.33. The van der Waals surface area contributed by atoms with Gasteiger partial charge in [-0.15, -0.1) is 10.2 Å². The number of hydrogen-bond donors (Lipinski definition) is 0. The number of sulfonamides is 1. The highest BCUT2D eigenvalue weighted by Crippen LogP contribution is 2.38. The molecule has 0 spiro atoms. The van der Waals surface area contributed by atoms with Crippen molar-refractivity contribution >= 4 is 33.4 Å². The molecule has 0 N–H and O–H groups in total. The first-order valence-electron chi connectivity index (χ1n) is 15.7. The number of aromatic nitrogens is 3. The van der Waals surface area contributed by atoms with Crippen LogP contribution in [0.25, 0.3) is 17.1 Å². The minimum atomic E-state index is -3.69. The summed E-state index contributed by atoms with van der Waals surface area (Å²) in [6.07, 6.45) is 0.833. The van der Waals surface area contributed by atoms with Gasteiger partial charge >= 0.3 is 0 Å². The summed E-state index contributed by atoms with van der Waals surface area (Å²) < 4.78 is 30.4. The Morgan fingerprint density at radius 3 is 2.22 bits per heavy atom. The van der Waals surface area contributed by atoms with E-state index in [0.29, 0.717) is 29.6 Å². The Kier molecular flexibility index (Phi) is 9.86. The van der Waals surface area contributed by atoms with E-state index in [1.807, 2.05) is 47.6 Å². The number of amides is 1. The molecule has 1 aliphatic rings. The molecule has 0 fully saturated rings. The maximum atomic E-state index is 13.7. The van der Waals surface area contributed by atoms with Crippen LogP contribution >= 0.6 is 11.8 Å². The summed E-state index contributed by atoms with van der Waals surface area (Å²) in [7, 11) is -3.69. The molecule has 0 unspecified atom stereocenters. The van der Waals surface area contributed by atoms with Crippen molar-refractivity contribution in [3.05, 3.63) is 83.4 Å². The molecule has 8 nitrogen and oxygen atoms in total. The van der Waals surface area contributed by atoms with Crippen LogP contribution < -0.4 is 4.90 Å². The Morgan fingerprint density at radius 2 is 1.58 bits per heavy atom. The van der Waals surface area contributed by atoms with E-state index in [1.54, 1.807) is 18.2 Å². The summed E-state index contributed by atoms with van der Waals surface area (Å²) in [5.74, 6) is 1.14. The molecule has 1 atom stereocenters. The van der Waals surface area contributed by atoms with Crippen molar-refractivity contribution in [2.24, 2.45) is 0 Å². The van der Waals surface area contributed by atoms with Crippen LogP contribution in [-0.4, -0.2) is 58.3 Å². The fourth-order valence-corrected chi connectivity index (χ4v) is 8.47. The van der Waals surface area contributed by atoms with E-state index in [1.165, 1.54) is 21.6 Å². The Hall–Kier alpha value is -3.47. The number of benzene rings is 3. The zero-order valence-electron chi connectivity index (χ0n) is 27.2.